The molecule has 238 valence electrons. The molecule has 51 heavy (non-hydrogen) atoms. The molecule has 11 rings (SSSR count). The highest BCUT2D eigenvalue weighted by Gasteiger charge is 2.21. The molecule has 0 aliphatic rings. The van der Waals surface area contributed by atoms with Gasteiger partial charge in [0.1, 0.15) is 5.58 Å². The number of fused-ring (bicyclic) bond motifs is 9. The zero-order chi connectivity index (χ0) is 41.3. The molecule has 0 atom stereocenters. The maximum Gasteiger partial charge on any atom is 0.159 e. The summed E-state index contributed by atoms with van der Waals surface area (Å²) < 4.78 is 89.5. The fraction of sp³-hybridized carbons (Fsp3) is 0. The van der Waals surface area contributed by atoms with Crippen LogP contribution >= 0.6 is 0 Å². The second kappa shape index (κ2) is 10.8. The molecule has 0 unspecified atom stereocenters. The first-order valence-electron chi connectivity index (χ1n) is 21.2. The quantitative estimate of drug-likeness (QED) is 0.184. The Bertz CT molecular complexity index is 3650. The number of furan rings is 1. The molecule has 3 heteroatoms. The van der Waals surface area contributed by atoms with Crippen molar-refractivity contribution in [3.05, 3.63) is 182 Å². The molecule has 3 heterocycles. The largest absolute Gasteiger partial charge is 0.454 e. The number of hydrogen-bond donors (Lipinski definition) is 0. The predicted octanol–water partition coefficient (Wildman–Crippen LogP) is 13.1. The van der Waals surface area contributed by atoms with E-state index in [1.807, 2.05) is 66.7 Å². The summed E-state index contributed by atoms with van der Waals surface area (Å²) in [6.07, 6.45) is 0. The van der Waals surface area contributed by atoms with Crippen molar-refractivity contribution in [3.63, 3.8) is 0 Å². The number of rotatable bonds is 4. The Morgan fingerprint density at radius 2 is 1.08 bits per heavy atom. The van der Waals surface area contributed by atoms with E-state index in [2.05, 4.69) is 63.7 Å². The number of hydrogen-bond acceptors (Lipinski definition) is 1. The van der Waals surface area contributed by atoms with Crippen molar-refractivity contribution in [2.75, 3.05) is 0 Å². The molecule has 0 fully saturated rings. The van der Waals surface area contributed by atoms with E-state index in [-0.39, 0.29) is 22.7 Å². The van der Waals surface area contributed by atoms with E-state index >= 15 is 0 Å². The van der Waals surface area contributed by atoms with Crippen LogP contribution in [0.1, 0.15) is 12.3 Å². The van der Waals surface area contributed by atoms with Gasteiger partial charge in [-0.2, -0.15) is 0 Å². The molecule has 3 aromatic heterocycles. The Morgan fingerprint density at radius 1 is 0.431 bits per heavy atom. The average molecular weight is 660 g/mol. The van der Waals surface area contributed by atoms with E-state index < -0.39 is 48.3 Å². The van der Waals surface area contributed by atoms with E-state index in [0.29, 0.717) is 10.9 Å². The maximum absolute atomic E-state index is 9.29. The summed E-state index contributed by atoms with van der Waals surface area (Å²) >= 11 is 0. The molecular formula is C48H30N2O. The predicted molar refractivity (Wildman–Crippen MR) is 213 cm³/mol. The lowest BCUT2D eigenvalue weighted by molar-refractivity contribution is 0.666. The molecule has 0 amide bonds. The van der Waals surface area contributed by atoms with Crippen LogP contribution < -0.4 is 0 Å². The first-order chi connectivity index (χ1) is 29.1. The van der Waals surface area contributed by atoms with E-state index in [9.17, 15) is 1.37 Å². The van der Waals surface area contributed by atoms with Gasteiger partial charge in [-0.3, -0.25) is 0 Å². The topological polar surface area (TPSA) is 23.0 Å². The van der Waals surface area contributed by atoms with Crippen LogP contribution in [-0.4, -0.2) is 9.13 Å². The minimum atomic E-state index is -0.594. The molecule has 11 aromatic rings. The van der Waals surface area contributed by atoms with Gasteiger partial charge in [-0.25, -0.2) is 0 Å². The SMILES string of the molecule is [2H]c1c([2H])c([2H])c(-c2c([2H])c([2H])c([2H])c([2H])c2-c2cccc3c2c2ccccc2n3-c2ccc3c4ccccc4n(-c4cccc5c4oc4ccccc45)c3c2)c([2H])c1[2H]. The van der Waals surface area contributed by atoms with Gasteiger partial charge in [0.25, 0.3) is 0 Å². The van der Waals surface area contributed by atoms with E-state index in [0.717, 1.165) is 71.5 Å². The highest BCUT2D eigenvalue weighted by molar-refractivity contribution is 6.17. The van der Waals surface area contributed by atoms with Crippen molar-refractivity contribution in [3.8, 4) is 33.6 Å². The van der Waals surface area contributed by atoms with Gasteiger partial charge in [-0.05, 0) is 64.7 Å². The molecular weight excluding hydrogens is 621 g/mol. The normalized spacial score (nSPS) is 14.4. The summed E-state index contributed by atoms with van der Waals surface area (Å²) in [6.45, 7) is 0. The van der Waals surface area contributed by atoms with Gasteiger partial charge < -0.3 is 13.6 Å². The van der Waals surface area contributed by atoms with Gasteiger partial charge in [-0.1, -0.05) is 139 Å². The highest BCUT2D eigenvalue weighted by Crippen LogP contribution is 2.43. The van der Waals surface area contributed by atoms with Gasteiger partial charge in [0, 0.05) is 38.0 Å². The number of para-hydroxylation sites is 4. The van der Waals surface area contributed by atoms with Crippen LogP contribution in [0.5, 0.6) is 0 Å². The van der Waals surface area contributed by atoms with Gasteiger partial charge in [0.05, 0.1) is 40.1 Å². The van der Waals surface area contributed by atoms with Crippen molar-refractivity contribution in [1.82, 2.24) is 9.13 Å². The molecule has 0 radical (unpaired) electrons. The number of benzene rings is 8. The molecule has 0 saturated carbocycles. The van der Waals surface area contributed by atoms with Gasteiger partial charge >= 0.3 is 0 Å². The Kier molecular flexibility index (Phi) is 4.38. The Balaban J connectivity index is 1.23. The average Bonchev–Trinajstić information content (AvgIpc) is 3.94. The molecule has 0 spiro atoms. The van der Waals surface area contributed by atoms with Gasteiger partial charge in [0.2, 0.25) is 0 Å². The van der Waals surface area contributed by atoms with Crippen molar-refractivity contribution < 1.29 is 16.8 Å². The second-order valence-electron chi connectivity index (χ2n) is 12.6. The Labute approximate surface area is 306 Å². The maximum atomic E-state index is 9.29. The summed E-state index contributed by atoms with van der Waals surface area (Å²) in [5.41, 5.74) is 6.89. The molecule has 0 bridgehead atoms. The summed E-state index contributed by atoms with van der Waals surface area (Å²) in [5, 5.41) is 5.66. The number of aromatic nitrogens is 2. The highest BCUT2D eigenvalue weighted by atomic mass is 16.3. The second-order valence-corrected chi connectivity index (χ2v) is 12.6. The van der Waals surface area contributed by atoms with E-state index in [1.54, 1.807) is 6.07 Å². The minimum Gasteiger partial charge on any atom is -0.454 e. The van der Waals surface area contributed by atoms with Crippen LogP contribution in [0, 0.1) is 0 Å². The summed E-state index contributed by atoms with van der Waals surface area (Å²) in [7, 11) is 0. The van der Waals surface area contributed by atoms with E-state index in [1.165, 1.54) is 0 Å². The van der Waals surface area contributed by atoms with Crippen LogP contribution in [0.4, 0.5) is 0 Å². The van der Waals surface area contributed by atoms with Crippen molar-refractivity contribution in [2.45, 2.75) is 0 Å². The van der Waals surface area contributed by atoms with Crippen LogP contribution in [-0.2, 0) is 0 Å². The lowest BCUT2D eigenvalue weighted by Crippen LogP contribution is -1.97. The monoisotopic (exact) mass is 659 g/mol. The van der Waals surface area contributed by atoms with Crippen molar-refractivity contribution >= 4 is 65.6 Å². The molecule has 0 N–H and O–H groups in total. The fourth-order valence-corrected chi connectivity index (χ4v) is 7.85. The molecule has 0 aliphatic carbocycles. The van der Waals surface area contributed by atoms with Gasteiger partial charge in [0.15, 0.2) is 5.58 Å². The lowest BCUT2D eigenvalue weighted by Gasteiger charge is -2.13. The van der Waals surface area contributed by atoms with Crippen molar-refractivity contribution in [2.24, 2.45) is 0 Å². The van der Waals surface area contributed by atoms with Crippen LogP contribution in [0.2, 0.25) is 0 Å². The first-order valence-corrected chi connectivity index (χ1v) is 16.7. The lowest BCUT2D eigenvalue weighted by atomic mass is 9.92. The standard InChI is InChI=1S/C48H30N2O/c1-2-14-31(15-3-1)33-16-4-5-17-34(33)38-21-12-25-43-47(38)40-20-7-10-24-42(40)49(43)32-28-29-36-35-18-6-9-23-41(35)50(45(36)30-32)44-26-13-22-39-37-19-8-11-27-46(37)51-48(39)44/h1-30H/i1D,2D,3D,4D,5D,14D,15D,16D,17D. The summed E-state index contributed by atoms with van der Waals surface area (Å²) in [4.78, 5) is 0. The third-order valence-corrected chi connectivity index (χ3v) is 9.94. The summed E-state index contributed by atoms with van der Waals surface area (Å²) in [6, 6.07) is 37.4. The van der Waals surface area contributed by atoms with Crippen LogP contribution in [0.25, 0.3) is 99.2 Å². The molecule has 0 aliphatic heterocycles. The smallest absolute Gasteiger partial charge is 0.159 e. The Hall–Kier alpha value is -6.84. The summed E-state index contributed by atoms with van der Waals surface area (Å²) in [5.74, 6) is 0. The van der Waals surface area contributed by atoms with E-state index in [4.69, 9.17) is 15.4 Å². The van der Waals surface area contributed by atoms with Crippen LogP contribution in [0.3, 0.4) is 0 Å². The first kappa shape index (κ1) is 20.6. The minimum absolute atomic E-state index is 0.0440. The zero-order valence-electron chi connectivity index (χ0n) is 35.9. The fourth-order valence-electron chi connectivity index (χ4n) is 7.85. The molecule has 8 aromatic carbocycles. The molecule has 3 nitrogen and oxygen atoms in total. The van der Waals surface area contributed by atoms with Crippen molar-refractivity contribution in [1.29, 1.82) is 0 Å². The zero-order valence-corrected chi connectivity index (χ0v) is 26.9. The number of nitrogens with zero attached hydrogens (tertiary/aromatic N) is 2. The van der Waals surface area contributed by atoms with Crippen LogP contribution in [0.15, 0.2) is 186 Å². The van der Waals surface area contributed by atoms with Gasteiger partial charge in [-0.15, -0.1) is 0 Å². The third-order valence-electron chi connectivity index (χ3n) is 9.94. The third kappa shape index (κ3) is 4.06. The molecule has 0 saturated heterocycles. The Morgan fingerprint density at radius 3 is 1.94 bits per heavy atom.